The third-order valence-corrected chi connectivity index (χ3v) is 3.96. The number of nitrogens with one attached hydrogen (secondary N) is 1. The van der Waals surface area contributed by atoms with Crippen LogP contribution in [0.2, 0.25) is 5.02 Å². The van der Waals surface area contributed by atoms with Crippen LogP contribution in [0, 0.1) is 5.92 Å². The van der Waals surface area contributed by atoms with Gasteiger partial charge in [0.2, 0.25) is 5.91 Å². The van der Waals surface area contributed by atoms with Crippen molar-refractivity contribution >= 4 is 23.2 Å². The monoisotopic (exact) mass is 296 g/mol. The van der Waals surface area contributed by atoms with Crippen molar-refractivity contribution < 1.29 is 9.53 Å². The van der Waals surface area contributed by atoms with Crippen LogP contribution in [0.15, 0.2) is 18.2 Å². The fourth-order valence-corrected chi connectivity index (χ4v) is 2.53. The molecule has 0 saturated carbocycles. The predicted molar refractivity (Wildman–Crippen MR) is 81.5 cm³/mol. The highest BCUT2D eigenvalue weighted by Gasteiger charge is 2.20. The van der Waals surface area contributed by atoms with Crippen molar-refractivity contribution in [3.63, 3.8) is 0 Å². The van der Waals surface area contributed by atoms with Crippen LogP contribution in [-0.2, 0) is 4.79 Å². The van der Waals surface area contributed by atoms with Gasteiger partial charge in [0.05, 0.1) is 19.3 Å². The fraction of sp³-hybridized carbons (Fsp3) is 0.533. The highest BCUT2D eigenvalue weighted by atomic mass is 35.5. The number of ether oxygens (including phenoxy) is 1. The van der Waals surface area contributed by atoms with Gasteiger partial charge in [0.1, 0.15) is 5.75 Å². The molecule has 0 aliphatic carbocycles. The Labute approximate surface area is 125 Å². The summed E-state index contributed by atoms with van der Waals surface area (Å²) >= 11 is 5.96. The molecule has 20 heavy (non-hydrogen) atoms. The summed E-state index contributed by atoms with van der Waals surface area (Å²) in [5.41, 5.74) is 0.749. The van der Waals surface area contributed by atoms with Gasteiger partial charge in [-0.15, -0.1) is 0 Å². The van der Waals surface area contributed by atoms with E-state index in [-0.39, 0.29) is 12.5 Å². The van der Waals surface area contributed by atoms with Gasteiger partial charge in [-0.05, 0) is 37.0 Å². The summed E-state index contributed by atoms with van der Waals surface area (Å²) in [6.45, 7) is 4.21. The van der Waals surface area contributed by atoms with Crippen molar-refractivity contribution in [2.45, 2.75) is 19.8 Å². The van der Waals surface area contributed by atoms with E-state index >= 15 is 0 Å². The van der Waals surface area contributed by atoms with E-state index in [1.807, 2.05) is 4.90 Å². The van der Waals surface area contributed by atoms with Crippen molar-refractivity contribution in [1.82, 2.24) is 4.90 Å². The standard InChI is InChI=1S/C15H21ClN2O2/c1-11-5-7-18(8-6-11)15(19)10-17-13-9-12(16)3-4-14(13)20-2/h3-4,9,11,17H,5-8,10H2,1-2H3. The normalized spacial score (nSPS) is 16.1. The van der Waals surface area contributed by atoms with Crippen molar-refractivity contribution in [1.29, 1.82) is 0 Å². The number of rotatable bonds is 4. The van der Waals surface area contributed by atoms with E-state index in [1.165, 1.54) is 0 Å². The van der Waals surface area contributed by atoms with Crippen LogP contribution >= 0.6 is 11.6 Å². The van der Waals surface area contributed by atoms with Gasteiger partial charge < -0.3 is 15.0 Å². The Morgan fingerprint density at radius 3 is 2.80 bits per heavy atom. The average molecular weight is 297 g/mol. The van der Waals surface area contributed by atoms with Gasteiger partial charge >= 0.3 is 0 Å². The lowest BCUT2D eigenvalue weighted by Gasteiger charge is -2.30. The summed E-state index contributed by atoms with van der Waals surface area (Å²) in [6, 6.07) is 5.32. The quantitative estimate of drug-likeness (QED) is 0.928. The molecule has 5 heteroatoms. The summed E-state index contributed by atoms with van der Waals surface area (Å²) in [6.07, 6.45) is 2.18. The number of hydrogen-bond acceptors (Lipinski definition) is 3. The van der Waals surface area contributed by atoms with Gasteiger partial charge in [0.15, 0.2) is 0 Å². The van der Waals surface area contributed by atoms with E-state index in [4.69, 9.17) is 16.3 Å². The Morgan fingerprint density at radius 1 is 1.45 bits per heavy atom. The van der Waals surface area contributed by atoms with E-state index in [0.29, 0.717) is 10.8 Å². The first-order valence-corrected chi connectivity index (χ1v) is 7.33. The molecule has 110 valence electrons. The number of carbonyl (C=O) groups excluding carboxylic acids is 1. The molecule has 0 bridgehead atoms. The highest BCUT2D eigenvalue weighted by Crippen LogP contribution is 2.27. The maximum Gasteiger partial charge on any atom is 0.241 e. The van der Waals surface area contributed by atoms with Gasteiger partial charge in [-0.2, -0.15) is 0 Å². The maximum atomic E-state index is 12.2. The first-order valence-electron chi connectivity index (χ1n) is 6.95. The Balaban J connectivity index is 1.91. The van der Waals surface area contributed by atoms with E-state index in [9.17, 15) is 4.79 Å². The molecule has 1 N–H and O–H groups in total. The number of hydrogen-bond donors (Lipinski definition) is 1. The molecule has 1 aromatic carbocycles. The van der Waals surface area contributed by atoms with Gasteiger partial charge in [0.25, 0.3) is 0 Å². The minimum absolute atomic E-state index is 0.124. The summed E-state index contributed by atoms with van der Waals surface area (Å²) in [4.78, 5) is 14.1. The molecule has 1 saturated heterocycles. The fourth-order valence-electron chi connectivity index (χ4n) is 2.36. The molecule has 2 rings (SSSR count). The summed E-state index contributed by atoms with van der Waals surface area (Å²) in [5.74, 6) is 1.54. The van der Waals surface area contributed by atoms with Gasteiger partial charge in [-0.3, -0.25) is 4.79 Å². The topological polar surface area (TPSA) is 41.6 Å². The van der Waals surface area contributed by atoms with Crippen molar-refractivity contribution in [2.75, 3.05) is 32.1 Å². The highest BCUT2D eigenvalue weighted by molar-refractivity contribution is 6.30. The molecule has 1 heterocycles. The number of nitrogens with zero attached hydrogens (tertiary/aromatic N) is 1. The SMILES string of the molecule is COc1ccc(Cl)cc1NCC(=O)N1CCC(C)CC1. The maximum absolute atomic E-state index is 12.2. The third-order valence-electron chi connectivity index (χ3n) is 3.73. The molecule has 1 amide bonds. The predicted octanol–water partition coefficient (Wildman–Crippen LogP) is 3.02. The van der Waals surface area contributed by atoms with Crippen LogP contribution in [0.4, 0.5) is 5.69 Å². The van der Waals surface area contributed by atoms with Crippen molar-refractivity contribution in [3.05, 3.63) is 23.2 Å². The molecule has 0 aromatic heterocycles. The number of amides is 1. The largest absolute Gasteiger partial charge is 0.495 e. The molecule has 4 nitrogen and oxygen atoms in total. The number of methoxy groups -OCH3 is 1. The third kappa shape index (κ3) is 3.79. The second-order valence-electron chi connectivity index (χ2n) is 5.26. The van der Waals surface area contributed by atoms with Crippen molar-refractivity contribution in [2.24, 2.45) is 5.92 Å². The lowest BCUT2D eigenvalue weighted by molar-refractivity contribution is -0.130. The Hall–Kier alpha value is -1.42. The Morgan fingerprint density at radius 2 is 2.15 bits per heavy atom. The van der Waals surface area contributed by atoms with Gasteiger partial charge in [-0.25, -0.2) is 0 Å². The zero-order valence-corrected chi connectivity index (χ0v) is 12.7. The number of anilines is 1. The number of halogens is 1. The lowest BCUT2D eigenvalue weighted by atomic mass is 9.99. The second-order valence-corrected chi connectivity index (χ2v) is 5.70. The van der Waals surface area contributed by atoms with Gasteiger partial charge in [0, 0.05) is 18.1 Å². The van der Waals surface area contributed by atoms with Crippen LogP contribution in [0.1, 0.15) is 19.8 Å². The van der Waals surface area contributed by atoms with Crippen LogP contribution in [0.3, 0.4) is 0 Å². The molecule has 1 aliphatic rings. The zero-order valence-electron chi connectivity index (χ0n) is 12.0. The van der Waals surface area contributed by atoms with Crippen LogP contribution in [-0.4, -0.2) is 37.6 Å². The molecule has 1 fully saturated rings. The van der Waals surface area contributed by atoms with Crippen LogP contribution < -0.4 is 10.1 Å². The molecule has 0 radical (unpaired) electrons. The number of likely N-dealkylation sites (tertiary alicyclic amines) is 1. The van der Waals surface area contributed by atoms with E-state index in [2.05, 4.69) is 12.2 Å². The van der Waals surface area contributed by atoms with Crippen LogP contribution in [0.25, 0.3) is 0 Å². The van der Waals surface area contributed by atoms with E-state index < -0.39 is 0 Å². The van der Waals surface area contributed by atoms with E-state index in [1.54, 1.807) is 25.3 Å². The second kappa shape index (κ2) is 6.84. The minimum Gasteiger partial charge on any atom is -0.495 e. The molecular weight excluding hydrogens is 276 g/mol. The van der Waals surface area contributed by atoms with Crippen LogP contribution in [0.5, 0.6) is 5.75 Å². The average Bonchev–Trinajstić information content (AvgIpc) is 2.45. The number of piperidine rings is 1. The van der Waals surface area contributed by atoms with E-state index in [0.717, 1.165) is 37.5 Å². The minimum atomic E-state index is 0.124. The lowest BCUT2D eigenvalue weighted by Crippen LogP contribution is -2.40. The molecule has 0 spiro atoms. The zero-order chi connectivity index (χ0) is 14.5. The number of carbonyl (C=O) groups is 1. The molecule has 0 unspecified atom stereocenters. The first-order chi connectivity index (χ1) is 9.60. The number of benzene rings is 1. The summed E-state index contributed by atoms with van der Waals surface area (Å²) in [5, 5.41) is 3.73. The van der Waals surface area contributed by atoms with Gasteiger partial charge in [-0.1, -0.05) is 18.5 Å². The summed E-state index contributed by atoms with van der Waals surface area (Å²) < 4.78 is 5.25. The Kier molecular flexibility index (Phi) is 5.12. The molecular formula is C15H21ClN2O2. The van der Waals surface area contributed by atoms with Crippen molar-refractivity contribution in [3.8, 4) is 5.75 Å². The smallest absolute Gasteiger partial charge is 0.241 e. The Bertz CT molecular complexity index is 471. The first kappa shape index (κ1) is 15.0. The molecule has 0 atom stereocenters. The molecule has 1 aliphatic heterocycles. The summed E-state index contributed by atoms with van der Waals surface area (Å²) in [7, 11) is 1.60. The molecule has 1 aromatic rings.